The second-order valence-electron chi connectivity index (χ2n) is 3.90. The molecule has 0 aliphatic heterocycles. The fraction of sp³-hybridized carbons (Fsp3) is 0.0769. The fourth-order valence-corrected chi connectivity index (χ4v) is 1.92. The lowest BCUT2D eigenvalue weighted by Gasteiger charge is -2.07. The number of anilines is 1. The van der Waals surface area contributed by atoms with Crippen molar-refractivity contribution in [1.82, 2.24) is 14.6 Å². The first-order valence-corrected chi connectivity index (χ1v) is 5.52. The average molecular weight is 240 g/mol. The van der Waals surface area contributed by atoms with Gasteiger partial charge in [0.25, 0.3) is 0 Å². The Kier molecular flexibility index (Phi) is 2.37. The van der Waals surface area contributed by atoms with Gasteiger partial charge in [0.05, 0.1) is 19.0 Å². The fourth-order valence-electron chi connectivity index (χ4n) is 1.92. The van der Waals surface area contributed by atoms with Crippen LogP contribution < -0.4 is 10.5 Å². The average Bonchev–Trinajstić information content (AvgIpc) is 2.85. The van der Waals surface area contributed by atoms with Crippen LogP contribution in [0, 0.1) is 0 Å². The van der Waals surface area contributed by atoms with Crippen molar-refractivity contribution in [2.75, 3.05) is 12.8 Å². The molecule has 2 N–H and O–H groups in total. The molecular weight excluding hydrogens is 228 g/mol. The molecule has 18 heavy (non-hydrogen) atoms. The Balaban J connectivity index is 2.26. The van der Waals surface area contributed by atoms with Gasteiger partial charge < -0.3 is 10.5 Å². The van der Waals surface area contributed by atoms with E-state index in [2.05, 4.69) is 10.1 Å². The molecule has 0 radical (unpaired) electrons. The Morgan fingerprint density at radius 3 is 2.94 bits per heavy atom. The molecule has 0 spiro atoms. The number of hydrogen-bond acceptors (Lipinski definition) is 4. The third kappa shape index (κ3) is 1.66. The third-order valence-corrected chi connectivity index (χ3v) is 2.74. The molecule has 0 amide bonds. The van der Waals surface area contributed by atoms with Gasteiger partial charge in [0.2, 0.25) is 0 Å². The lowest BCUT2D eigenvalue weighted by molar-refractivity contribution is 0.415. The van der Waals surface area contributed by atoms with Crippen LogP contribution in [0.4, 0.5) is 5.82 Å². The lowest BCUT2D eigenvalue weighted by Crippen LogP contribution is -2.00. The van der Waals surface area contributed by atoms with Crippen LogP contribution >= 0.6 is 0 Å². The number of ether oxygens (including phenoxy) is 1. The monoisotopic (exact) mass is 240 g/mol. The first-order valence-electron chi connectivity index (χ1n) is 5.52. The van der Waals surface area contributed by atoms with Crippen molar-refractivity contribution in [1.29, 1.82) is 0 Å². The summed E-state index contributed by atoms with van der Waals surface area (Å²) in [4.78, 5) is 4.21. The number of rotatable bonds is 2. The number of fused-ring (bicyclic) bond motifs is 1. The minimum atomic E-state index is 0.473. The van der Waals surface area contributed by atoms with Crippen molar-refractivity contribution < 1.29 is 4.74 Å². The van der Waals surface area contributed by atoms with Gasteiger partial charge in [0, 0.05) is 17.7 Å². The number of aromatic nitrogens is 3. The lowest BCUT2D eigenvalue weighted by atomic mass is 10.1. The molecule has 5 heteroatoms. The number of benzene rings is 1. The van der Waals surface area contributed by atoms with Crippen LogP contribution in [-0.4, -0.2) is 21.7 Å². The first-order chi connectivity index (χ1) is 8.78. The standard InChI is InChI=1S/C13H12N4O/c1-18-10-4-2-3-9(7-10)11-8-12(14)16-13-5-6-15-17(11)13/h2-8H,1H3,(H2,14,16). The van der Waals surface area contributed by atoms with Crippen LogP contribution in [-0.2, 0) is 0 Å². The summed E-state index contributed by atoms with van der Waals surface area (Å²) in [6.07, 6.45) is 1.70. The summed E-state index contributed by atoms with van der Waals surface area (Å²) in [6.45, 7) is 0. The van der Waals surface area contributed by atoms with Crippen molar-refractivity contribution >= 4 is 11.5 Å². The Hall–Kier alpha value is -2.56. The van der Waals surface area contributed by atoms with E-state index < -0.39 is 0 Å². The SMILES string of the molecule is COc1cccc(-c2cc(N)nc3ccnn23)c1. The van der Waals surface area contributed by atoms with Gasteiger partial charge in [0.1, 0.15) is 11.6 Å². The molecule has 0 atom stereocenters. The second kappa shape index (κ2) is 4.03. The smallest absolute Gasteiger partial charge is 0.158 e. The highest BCUT2D eigenvalue weighted by Gasteiger charge is 2.07. The van der Waals surface area contributed by atoms with Gasteiger partial charge >= 0.3 is 0 Å². The highest BCUT2D eigenvalue weighted by molar-refractivity contribution is 5.67. The molecule has 2 heterocycles. The van der Waals surface area contributed by atoms with Crippen LogP contribution in [0.3, 0.4) is 0 Å². The number of nitrogens with zero attached hydrogens (tertiary/aromatic N) is 3. The maximum Gasteiger partial charge on any atom is 0.158 e. The number of hydrogen-bond donors (Lipinski definition) is 1. The highest BCUT2D eigenvalue weighted by Crippen LogP contribution is 2.25. The van der Waals surface area contributed by atoms with Gasteiger partial charge in [0.15, 0.2) is 5.65 Å². The molecule has 0 aliphatic rings. The van der Waals surface area contributed by atoms with Crippen molar-refractivity contribution in [3.63, 3.8) is 0 Å². The minimum absolute atomic E-state index is 0.473. The quantitative estimate of drug-likeness (QED) is 0.744. The third-order valence-electron chi connectivity index (χ3n) is 2.74. The number of methoxy groups -OCH3 is 1. The Morgan fingerprint density at radius 2 is 2.11 bits per heavy atom. The minimum Gasteiger partial charge on any atom is -0.497 e. The van der Waals surface area contributed by atoms with Gasteiger partial charge in [-0.25, -0.2) is 9.50 Å². The van der Waals surface area contributed by atoms with E-state index in [1.54, 1.807) is 23.9 Å². The molecule has 0 saturated heterocycles. The molecule has 3 aromatic rings. The zero-order valence-corrected chi connectivity index (χ0v) is 9.87. The van der Waals surface area contributed by atoms with Crippen LogP contribution in [0.25, 0.3) is 16.9 Å². The normalized spacial score (nSPS) is 10.7. The molecular formula is C13H12N4O. The van der Waals surface area contributed by atoms with Gasteiger partial charge in [-0.2, -0.15) is 5.10 Å². The molecule has 0 aliphatic carbocycles. The Bertz CT molecular complexity index is 705. The zero-order valence-electron chi connectivity index (χ0n) is 9.87. The number of nitrogen functional groups attached to an aromatic ring is 1. The summed E-state index contributed by atoms with van der Waals surface area (Å²) in [5.74, 6) is 1.27. The van der Waals surface area contributed by atoms with Gasteiger partial charge in [-0.15, -0.1) is 0 Å². The molecule has 1 aromatic carbocycles. The molecule has 3 rings (SSSR count). The molecule has 5 nitrogen and oxygen atoms in total. The second-order valence-corrected chi connectivity index (χ2v) is 3.90. The summed E-state index contributed by atoms with van der Waals surface area (Å²) in [7, 11) is 1.64. The largest absolute Gasteiger partial charge is 0.497 e. The number of nitrogens with two attached hydrogens (primary N) is 1. The van der Waals surface area contributed by atoms with Gasteiger partial charge in [-0.3, -0.25) is 0 Å². The van der Waals surface area contributed by atoms with Crippen molar-refractivity contribution in [3.8, 4) is 17.0 Å². The summed E-state index contributed by atoms with van der Waals surface area (Å²) in [5.41, 5.74) is 8.41. The summed E-state index contributed by atoms with van der Waals surface area (Å²) in [5, 5.41) is 4.25. The van der Waals surface area contributed by atoms with Crippen LogP contribution in [0.15, 0.2) is 42.6 Å². The van der Waals surface area contributed by atoms with Crippen LogP contribution in [0.1, 0.15) is 0 Å². The molecule has 0 bridgehead atoms. The first kappa shape index (κ1) is 10.6. The molecule has 0 saturated carbocycles. The molecule has 0 fully saturated rings. The van der Waals surface area contributed by atoms with Crippen LogP contribution in [0.5, 0.6) is 5.75 Å². The maximum absolute atomic E-state index is 5.81. The van der Waals surface area contributed by atoms with Crippen molar-refractivity contribution in [2.45, 2.75) is 0 Å². The molecule has 0 unspecified atom stereocenters. The van der Waals surface area contributed by atoms with E-state index in [1.807, 2.05) is 30.3 Å². The van der Waals surface area contributed by atoms with E-state index in [0.717, 1.165) is 22.7 Å². The highest BCUT2D eigenvalue weighted by atomic mass is 16.5. The van der Waals surface area contributed by atoms with Gasteiger partial charge in [-0.1, -0.05) is 12.1 Å². The molecule has 90 valence electrons. The van der Waals surface area contributed by atoms with E-state index in [4.69, 9.17) is 10.5 Å². The molecule has 2 aromatic heterocycles. The Morgan fingerprint density at radius 1 is 1.22 bits per heavy atom. The zero-order chi connectivity index (χ0) is 12.5. The van der Waals surface area contributed by atoms with E-state index in [9.17, 15) is 0 Å². The van der Waals surface area contributed by atoms with E-state index in [1.165, 1.54) is 0 Å². The predicted molar refractivity (Wildman–Crippen MR) is 69.4 cm³/mol. The van der Waals surface area contributed by atoms with E-state index in [-0.39, 0.29) is 0 Å². The summed E-state index contributed by atoms with van der Waals surface area (Å²) < 4.78 is 6.98. The van der Waals surface area contributed by atoms with Crippen molar-refractivity contribution in [3.05, 3.63) is 42.6 Å². The topological polar surface area (TPSA) is 65.4 Å². The van der Waals surface area contributed by atoms with Crippen molar-refractivity contribution in [2.24, 2.45) is 0 Å². The predicted octanol–water partition coefficient (Wildman–Crippen LogP) is 1.99. The van der Waals surface area contributed by atoms with E-state index >= 15 is 0 Å². The summed E-state index contributed by atoms with van der Waals surface area (Å²) in [6, 6.07) is 11.4. The maximum atomic E-state index is 5.81. The summed E-state index contributed by atoms with van der Waals surface area (Å²) >= 11 is 0. The van der Waals surface area contributed by atoms with Gasteiger partial charge in [-0.05, 0) is 12.1 Å². The van der Waals surface area contributed by atoms with E-state index in [0.29, 0.717) is 5.82 Å². The Labute approximate surface area is 104 Å². The van der Waals surface area contributed by atoms with Crippen LogP contribution in [0.2, 0.25) is 0 Å².